The van der Waals surface area contributed by atoms with Crippen LogP contribution < -0.4 is 0 Å². The molecule has 0 aromatic heterocycles. The highest BCUT2D eigenvalue weighted by Gasteiger charge is 2.06. The summed E-state index contributed by atoms with van der Waals surface area (Å²) in [6, 6.07) is 3.71. The first-order valence-electron chi connectivity index (χ1n) is 3.65. The smallest absolute Gasteiger partial charge is 0.190 e. The third-order valence-electron chi connectivity index (χ3n) is 1.47. The molecule has 0 saturated carbocycles. The summed E-state index contributed by atoms with van der Waals surface area (Å²) in [6.07, 6.45) is 0. The molecule has 0 heterocycles. The summed E-state index contributed by atoms with van der Waals surface area (Å²) in [5, 5.41) is 0.753. The van der Waals surface area contributed by atoms with E-state index in [0.717, 1.165) is 14.9 Å². The molecule has 13 heavy (non-hydrogen) atoms. The van der Waals surface area contributed by atoms with E-state index in [-0.39, 0.29) is 5.12 Å². The van der Waals surface area contributed by atoms with Crippen LogP contribution in [0.25, 0.3) is 0 Å². The van der Waals surface area contributed by atoms with Crippen LogP contribution in [0.3, 0.4) is 0 Å². The maximum absolute atomic E-state index is 10.9. The maximum atomic E-state index is 10.9. The minimum atomic E-state index is 0.0809. The molecule has 4 heteroatoms. The second kappa shape index (κ2) is 4.49. The fourth-order valence-electron chi connectivity index (χ4n) is 0.893. The molecule has 1 aromatic rings. The lowest BCUT2D eigenvalue weighted by molar-refractivity contribution is -0.109. The van der Waals surface area contributed by atoms with Crippen LogP contribution in [0.2, 0.25) is 5.02 Å². The number of halogens is 2. The van der Waals surface area contributed by atoms with Gasteiger partial charge in [0.2, 0.25) is 0 Å². The van der Waals surface area contributed by atoms with Crippen LogP contribution in [0.1, 0.15) is 12.5 Å². The van der Waals surface area contributed by atoms with Gasteiger partial charge in [0.1, 0.15) is 0 Å². The van der Waals surface area contributed by atoms with E-state index in [4.69, 9.17) is 11.6 Å². The van der Waals surface area contributed by atoms with E-state index >= 15 is 0 Å². The summed E-state index contributed by atoms with van der Waals surface area (Å²) in [5.74, 6) is 0. The van der Waals surface area contributed by atoms with Crippen molar-refractivity contribution in [2.45, 2.75) is 18.7 Å². The normalized spacial score (nSPS) is 10.2. The minimum Gasteiger partial charge on any atom is -0.287 e. The Morgan fingerprint density at radius 2 is 2.15 bits per heavy atom. The van der Waals surface area contributed by atoms with Crippen LogP contribution in [-0.4, -0.2) is 5.12 Å². The number of carbonyl (C=O) groups excluding carboxylic acids is 1. The molecule has 0 spiro atoms. The van der Waals surface area contributed by atoms with Crippen LogP contribution in [-0.2, 0) is 4.79 Å². The van der Waals surface area contributed by atoms with Gasteiger partial charge in [-0.2, -0.15) is 0 Å². The van der Waals surface area contributed by atoms with Crippen molar-refractivity contribution in [3.63, 3.8) is 0 Å². The molecule has 0 radical (unpaired) electrons. The van der Waals surface area contributed by atoms with Gasteiger partial charge < -0.3 is 0 Å². The Hall–Kier alpha value is 0.01000. The van der Waals surface area contributed by atoms with Crippen molar-refractivity contribution in [2.75, 3.05) is 0 Å². The summed E-state index contributed by atoms with van der Waals surface area (Å²) in [6.45, 7) is 3.48. The first-order chi connectivity index (χ1) is 6.00. The molecule has 0 bridgehead atoms. The molecule has 0 aliphatic carbocycles. The summed E-state index contributed by atoms with van der Waals surface area (Å²) < 4.78 is 0.823. The van der Waals surface area contributed by atoms with Gasteiger partial charge in [-0.15, -0.1) is 0 Å². The Morgan fingerprint density at radius 1 is 1.54 bits per heavy atom. The van der Waals surface area contributed by atoms with Gasteiger partial charge >= 0.3 is 0 Å². The van der Waals surface area contributed by atoms with Crippen LogP contribution >= 0.6 is 39.3 Å². The highest BCUT2D eigenvalue weighted by atomic mass is 79.9. The molecular weight excluding hydrogens is 272 g/mol. The second-order valence-corrected chi connectivity index (χ2v) is 5.11. The lowest BCUT2D eigenvalue weighted by atomic mass is 10.2. The van der Waals surface area contributed by atoms with Gasteiger partial charge in [0.25, 0.3) is 0 Å². The SMILES string of the molecule is CC(=O)Sc1cc(Br)c(Cl)cc1C. The van der Waals surface area contributed by atoms with Crippen LogP contribution in [0.4, 0.5) is 0 Å². The molecule has 0 unspecified atom stereocenters. The molecule has 0 atom stereocenters. The Morgan fingerprint density at radius 3 is 2.69 bits per heavy atom. The fourth-order valence-corrected chi connectivity index (χ4v) is 2.31. The highest BCUT2D eigenvalue weighted by molar-refractivity contribution is 9.10. The van der Waals surface area contributed by atoms with Crippen LogP contribution in [0.5, 0.6) is 0 Å². The zero-order valence-corrected chi connectivity index (χ0v) is 10.4. The van der Waals surface area contributed by atoms with Crippen LogP contribution in [0, 0.1) is 6.92 Å². The topological polar surface area (TPSA) is 17.1 Å². The molecule has 70 valence electrons. The molecule has 0 saturated heterocycles. The Bertz CT molecular complexity index is 352. The van der Waals surface area contributed by atoms with Crippen molar-refractivity contribution in [1.29, 1.82) is 0 Å². The molecule has 0 aliphatic rings. The zero-order chi connectivity index (χ0) is 10.0. The van der Waals surface area contributed by atoms with Crippen molar-refractivity contribution < 1.29 is 4.79 Å². The van der Waals surface area contributed by atoms with Crippen molar-refractivity contribution in [2.24, 2.45) is 0 Å². The van der Waals surface area contributed by atoms with Crippen molar-refractivity contribution in [3.8, 4) is 0 Å². The largest absolute Gasteiger partial charge is 0.287 e. The quantitative estimate of drug-likeness (QED) is 0.722. The van der Waals surface area contributed by atoms with Gasteiger partial charge in [-0.1, -0.05) is 23.4 Å². The standard InChI is InChI=1S/C9H8BrClOS/c1-5-3-8(11)7(10)4-9(5)13-6(2)12/h3-4H,1-2H3. The number of aryl methyl sites for hydroxylation is 1. The fraction of sp³-hybridized carbons (Fsp3) is 0.222. The molecule has 1 rings (SSSR count). The summed E-state index contributed by atoms with van der Waals surface area (Å²) in [5.41, 5.74) is 1.02. The average Bonchev–Trinajstić information content (AvgIpc) is 1.99. The van der Waals surface area contributed by atoms with Crippen molar-refractivity contribution >= 4 is 44.4 Å². The molecule has 0 amide bonds. The van der Waals surface area contributed by atoms with E-state index in [0.29, 0.717) is 5.02 Å². The highest BCUT2D eigenvalue weighted by Crippen LogP contribution is 2.31. The number of benzene rings is 1. The second-order valence-electron chi connectivity index (χ2n) is 2.63. The van der Waals surface area contributed by atoms with E-state index in [1.54, 1.807) is 6.92 Å². The summed E-state index contributed by atoms with van der Waals surface area (Å²) >= 11 is 10.4. The molecule has 1 nitrogen and oxygen atoms in total. The number of thioether (sulfide) groups is 1. The van der Waals surface area contributed by atoms with Gasteiger partial charge in [0.05, 0.1) is 5.02 Å². The number of hydrogen-bond acceptors (Lipinski definition) is 2. The van der Waals surface area contributed by atoms with Crippen LogP contribution in [0.15, 0.2) is 21.5 Å². The molecule has 0 fully saturated rings. The summed E-state index contributed by atoms with van der Waals surface area (Å²) in [7, 11) is 0. The first kappa shape index (κ1) is 11.1. The predicted molar refractivity (Wildman–Crippen MR) is 60.4 cm³/mol. The maximum Gasteiger partial charge on any atom is 0.190 e. The van der Waals surface area contributed by atoms with Crippen molar-refractivity contribution in [1.82, 2.24) is 0 Å². The lowest BCUT2D eigenvalue weighted by Gasteiger charge is -2.04. The van der Waals surface area contributed by atoms with E-state index in [9.17, 15) is 4.79 Å². The third kappa shape index (κ3) is 3.01. The van der Waals surface area contributed by atoms with Gasteiger partial charge in [0, 0.05) is 16.3 Å². The van der Waals surface area contributed by atoms with E-state index in [2.05, 4.69) is 15.9 Å². The number of carbonyl (C=O) groups is 1. The predicted octanol–water partition coefficient (Wildman–Crippen LogP) is 4.05. The number of hydrogen-bond donors (Lipinski definition) is 0. The minimum absolute atomic E-state index is 0.0809. The van der Waals surface area contributed by atoms with Gasteiger partial charge in [-0.3, -0.25) is 4.79 Å². The summed E-state index contributed by atoms with van der Waals surface area (Å²) in [4.78, 5) is 11.8. The Balaban J connectivity index is 3.08. The zero-order valence-electron chi connectivity index (χ0n) is 7.23. The van der Waals surface area contributed by atoms with Gasteiger partial charge in [-0.05, 0) is 40.5 Å². The van der Waals surface area contributed by atoms with Crippen molar-refractivity contribution in [3.05, 3.63) is 27.2 Å². The molecule has 1 aromatic carbocycles. The Kier molecular flexibility index (Phi) is 3.83. The molecule has 0 aliphatic heterocycles. The van der Waals surface area contributed by atoms with Gasteiger partial charge in [-0.25, -0.2) is 0 Å². The Labute approximate surface area is 95.0 Å². The van der Waals surface area contributed by atoms with E-state index < -0.39 is 0 Å². The van der Waals surface area contributed by atoms with E-state index in [1.165, 1.54) is 11.8 Å². The average molecular weight is 280 g/mol. The molecule has 0 N–H and O–H groups in total. The number of rotatable bonds is 1. The molecular formula is C9H8BrClOS. The third-order valence-corrected chi connectivity index (χ3v) is 3.62. The van der Waals surface area contributed by atoms with E-state index in [1.807, 2.05) is 19.1 Å². The monoisotopic (exact) mass is 278 g/mol. The first-order valence-corrected chi connectivity index (χ1v) is 5.63. The van der Waals surface area contributed by atoms with Gasteiger partial charge in [0.15, 0.2) is 5.12 Å². The lowest BCUT2D eigenvalue weighted by Crippen LogP contribution is -1.86.